The van der Waals surface area contributed by atoms with E-state index >= 15 is 0 Å². The van der Waals surface area contributed by atoms with Crippen LogP contribution in [0, 0.1) is 11.2 Å². The van der Waals surface area contributed by atoms with Crippen molar-refractivity contribution in [2.45, 2.75) is 13.1 Å². The molecule has 2 aromatic rings. The Hall–Kier alpha value is -3.81. The van der Waals surface area contributed by atoms with Crippen LogP contribution in [0.15, 0.2) is 24.3 Å². The molecule has 0 bridgehead atoms. The molecule has 1 aliphatic rings. The lowest BCUT2D eigenvalue weighted by Crippen LogP contribution is -2.42. The molecule has 0 spiro atoms. The molecule has 0 radical (unpaired) electrons. The summed E-state index contributed by atoms with van der Waals surface area (Å²) in [6, 6.07) is 4.96. The van der Waals surface area contributed by atoms with Gasteiger partial charge in [-0.1, -0.05) is 11.6 Å². The second kappa shape index (κ2) is 10.2. The third-order valence-corrected chi connectivity index (χ3v) is 5.00. The molecule has 188 valence electrons. The highest BCUT2D eigenvalue weighted by atomic mass is 35.5. The normalized spacial score (nSPS) is 17.3. The SMILES string of the molecule is CN(CC1(C)C(=O)COC1=O)c1nnc(-c2cc(Cl)ccc2F)cc1C(=O)O.O=C(O)C(F)(F)F. The average Bonchev–Trinajstić information content (AvgIpc) is 3.01. The minimum Gasteiger partial charge on any atom is -0.478 e. The van der Waals surface area contributed by atoms with Crippen LogP contribution in [0.2, 0.25) is 5.02 Å². The molecular formula is C20H16ClF4N3O7. The molecule has 1 fully saturated rings. The number of aliphatic carboxylic acids is 1. The fraction of sp³-hybridized carbons (Fsp3) is 0.300. The van der Waals surface area contributed by atoms with Gasteiger partial charge in [0.15, 0.2) is 18.2 Å². The summed E-state index contributed by atoms with van der Waals surface area (Å²) in [5.41, 5.74) is -1.73. The fourth-order valence-corrected chi connectivity index (χ4v) is 3.09. The van der Waals surface area contributed by atoms with E-state index in [9.17, 15) is 37.1 Å². The molecule has 1 aliphatic heterocycles. The van der Waals surface area contributed by atoms with E-state index in [-0.39, 0.29) is 40.8 Å². The first-order valence-corrected chi connectivity index (χ1v) is 9.74. The van der Waals surface area contributed by atoms with Crippen LogP contribution >= 0.6 is 11.6 Å². The first-order valence-electron chi connectivity index (χ1n) is 9.36. The van der Waals surface area contributed by atoms with E-state index in [1.54, 1.807) is 0 Å². The lowest BCUT2D eigenvalue weighted by Gasteiger charge is -2.26. The number of rotatable bonds is 5. The van der Waals surface area contributed by atoms with Gasteiger partial charge in [-0.15, -0.1) is 10.2 Å². The number of hydrogen-bond acceptors (Lipinski definition) is 8. The summed E-state index contributed by atoms with van der Waals surface area (Å²) in [6.45, 7) is 0.947. The van der Waals surface area contributed by atoms with E-state index in [2.05, 4.69) is 10.2 Å². The summed E-state index contributed by atoms with van der Waals surface area (Å²) >= 11 is 5.87. The Morgan fingerprint density at radius 1 is 1.20 bits per heavy atom. The number of carbonyl (C=O) groups is 4. The standard InChI is InChI=1S/C18H15ClFN3O5.C2HF3O2/c1-18(14(24)7-28-17(18)27)8-23(2)15-11(16(25)26)6-13(21-22-15)10-5-9(19)3-4-12(10)20;3-2(4,5)1(6)7/h3-6H,7-8H2,1-2H3,(H,25,26);(H,6,7). The molecule has 35 heavy (non-hydrogen) atoms. The van der Waals surface area contributed by atoms with Crippen LogP contribution in [0.3, 0.4) is 0 Å². The number of carboxylic acids is 2. The largest absolute Gasteiger partial charge is 0.490 e. The molecule has 0 saturated carbocycles. The van der Waals surface area contributed by atoms with Crippen LogP contribution in [-0.2, 0) is 19.1 Å². The second-order valence-corrected chi connectivity index (χ2v) is 7.82. The van der Waals surface area contributed by atoms with Crippen molar-refractivity contribution in [2.75, 3.05) is 25.1 Å². The smallest absolute Gasteiger partial charge is 0.478 e. The lowest BCUT2D eigenvalue weighted by atomic mass is 9.87. The van der Waals surface area contributed by atoms with Gasteiger partial charge >= 0.3 is 24.1 Å². The van der Waals surface area contributed by atoms with Gasteiger partial charge in [-0.3, -0.25) is 9.59 Å². The Kier molecular flexibility index (Phi) is 8.00. The van der Waals surface area contributed by atoms with Gasteiger partial charge in [-0.05, 0) is 31.2 Å². The molecule has 3 rings (SSSR count). The number of anilines is 1. The predicted molar refractivity (Wildman–Crippen MR) is 110 cm³/mol. The summed E-state index contributed by atoms with van der Waals surface area (Å²) < 4.78 is 50.6. The van der Waals surface area contributed by atoms with Crippen molar-refractivity contribution in [3.05, 3.63) is 40.7 Å². The van der Waals surface area contributed by atoms with Crippen molar-refractivity contribution in [3.63, 3.8) is 0 Å². The van der Waals surface area contributed by atoms with E-state index in [0.717, 1.165) is 12.1 Å². The van der Waals surface area contributed by atoms with Crippen LogP contribution in [-0.4, -0.2) is 70.5 Å². The summed E-state index contributed by atoms with van der Waals surface area (Å²) in [5.74, 6) is -5.90. The number of alkyl halides is 3. The maximum Gasteiger partial charge on any atom is 0.490 e. The molecule has 1 aromatic heterocycles. The number of ketones is 1. The van der Waals surface area contributed by atoms with Crippen molar-refractivity contribution < 1.29 is 51.7 Å². The second-order valence-electron chi connectivity index (χ2n) is 7.39. The zero-order valence-corrected chi connectivity index (χ0v) is 18.6. The van der Waals surface area contributed by atoms with E-state index in [1.807, 2.05) is 0 Å². The topological polar surface area (TPSA) is 147 Å². The Balaban J connectivity index is 0.000000540. The predicted octanol–water partition coefficient (Wildman–Crippen LogP) is 2.84. The summed E-state index contributed by atoms with van der Waals surface area (Å²) in [5, 5.41) is 24.7. The Morgan fingerprint density at radius 3 is 2.29 bits per heavy atom. The van der Waals surface area contributed by atoms with Gasteiger partial charge in [-0.25, -0.2) is 14.0 Å². The average molecular weight is 522 g/mol. The molecule has 0 amide bonds. The van der Waals surface area contributed by atoms with Gasteiger partial charge in [0, 0.05) is 24.2 Å². The van der Waals surface area contributed by atoms with Gasteiger partial charge in [0.1, 0.15) is 16.8 Å². The molecule has 1 aromatic carbocycles. The highest BCUT2D eigenvalue weighted by Gasteiger charge is 2.49. The van der Waals surface area contributed by atoms with Crippen molar-refractivity contribution in [1.82, 2.24) is 10.2 Å². The number of aromatic nitrogens is 2. The maximum atomic E-state index is 14.1. The minimum atomic E-state index is -5.08. The third kappa shape index (κ3) is 6.20. The summed E-state index contributed by atoms with van der Waals surface area (Å²) in [7, 11) is 1.47. The monoisotopic (exact) mass is 521 g/mol. The Morgan fingerprint density at radius 2 is 1.80 bits per heavy atom. The van der Waals surface area contributed by atoms with Crippen LogP contribution in [0.25, 0.3) is 11.3 Å². The number of halogens is 5. The van der Waals surface area contributed by atoms with Crippen molar-refractivity contribution in [2.24, 2.45) is 5.41 Å². The summed E-state index contributed by atoms with van der Waals surface area (Å²) in [6.07, 6.45) is -5.08. The number of Topliss-reactive ketones (excluding diaryl/α,β-unsaturated/α-hetero) is 1. The van der Waals surface area contributed by atoms with E-state index in [0.29, 0.717) is 0 Å². The van der Waals surface area contributed by atoms with Gasteiger partial charge in [0.25, 0.3) is 0 Å². The van der Waals surface area contributed by atoms with E-state index in [4.69, 9.17) is 26.2 Å². The van der Waals surface area contributed by atoms with Gasteiger partial charge < -0.3 is 19.8 Å². The molecule has 1 unspecified atom stereocenters. The molecule has 1 saturated heterocycles. The number of carbonyl (C=O) groups excluding carboxylic acids is 2. The summed E-state index contributed by atoms with van der Waals surface area (Å²) in [4.78, 5) is 45.9. The van der Waals surface area contributed by atoms with Crippen molar-refractivity contribution in [3.8, 4) is 11.3 Å². The highest BCUT2D eigenvalue weighted by Crippen LogP contribution is 2.31. The number of ether oxygens (including phenoxy) is 1. The molecular weight excluding hydrogens is 506 g/mol. The number of aromatic carboxylic acids is 1. The molecule has 2 heterocycles. The molecule has 2 N–H and O–H groups in total. The Bertz CT molecular complexity index is 1170. The van der Waals surface area contributed by atoms with Crippen LogP contribution in [0.1, 0.15) is 17.3 Å². The van der Waals surface area contributed by atoms with Crippen LogP contribution in [0.4, 0.5) is 23.4 Å². The number of benzene rings is 1. The van der Waals surface area contributed by atoms with E-state index < -0.39 is 41.1 Å². The lowest BCUT2D eigenvalue weighted by molar-refractivity contribution is -0.192. The minimum absolute atomic E-state index is 0.00165. The first kappa shape index (κ1) is 27.4. The molecule has 0 aliphatic carbocycles. The zero-order chi connectivity index (χ0) is 26.7. The third-order valence-electron chi connectivity index (χ3n) is 4.77. The van der Waals surface area contributed by atoms with E-state index in [1.165, 1.54) is 31.0 Å². The number of hydrogen-bond donors (Lipinski definition) is 2. The van der Waals surface area contributed by atoms with Crippen LogP contribution < -0.4 is 4.90 Å². The molecule has 10 nitrogen and oxygen atoms in total. The highest BCUT2D eigenvalue weighted by molar-refractivity contribution is 6.30. The van der Waals surface area contributed by atoms with Gasteiger partial charge in [0.05, 0.1) is 5.69 Å². The van der Waals surface area contributed by atoms with Crippen molar-refractivity contribution in [1.29, 1.82) is 0 Å². The number of nitrogens with zero attached hydrogens (tertiary/aromatic N) is 3. The number of cyclic esters (lactones) is 1. The van der Waals surface area contributed by atoms with Gasteiger partial charge in [-0.2, -0.15) is 13.2 Å². The van der Waals surface area contributed by atoms with Crippen molar-refractivity contribution >= 4 is 41.1 Å². The molecule has 15 heteroatoms. The first-order chi connectivity index (χ1) is 16.1. The van der Waals surface area contributed by atoms with Gasteiger partial charge in [0.2, 0.25) is 0 Å². The zero-order valence-electron chi connectivity index (χ0n) is 17.9. The molecule has 1 atom stereocenters. The number of carboxylic acid groups (broad SMARTS) is 2. The Labute approximate surface area is 199 Å². The van der Waals surface area contributed by atoms with Crippen LogP contribution in [0.5, 0.6) is 0 Å². The maximum absolute atomic E-state index is 14.1. The number of esters is 1. The quantitative estimate of drug-likeness (QED) is 0.342. The fourth-order valence-electron chi connectivity index (χ4n) is 2.92.